The van der Waals surface area contributed by atoms with E-state index in [9.17, 15) is 0 Å². The molecular weight excluding hydrogens is 368 g/mol. The average molecular weight is 380 g/mol. The Labute approximate surface area is 107 Å². The van der Waals surface area contributed by atoms with Crippen LogP contribution in [0, 0.1) is 0 Å². The predicted molar refractivity (Wildman–Crippen MR) is 72.4 cm³/mol. The van der Waals surface area contributed by atoms with Gasteiger partial charge in [-0.25, -0.2) is 0 Å². The van der Waals surface area contributed by atoms with E-state index in [-0.39, 0.29) is 0 Å². The van der Waals surface area contributed by atoms with Crippen LogP contribution in [0.1, 0.15) is 18.9 Å². The molecular formula is C11H12INOSe. The number of ether oxygens (including phenoxy) is 1. The Morgan fingerprint density at radius 3 is 3.00 bits per heavy atom. The van der Waals surface area contributed by atoms with Crippen LogP contribution in [0.25, 0.3) is 0 Å². The van der Waals surface area contributed by atoms with Crippen LogP contribution >= 0.6 is 20.3 Å². The van der Waals surface area contributed by atoms with E-state index in [0.29, 0.717) is 17.7 Å². The van der Waals surface area contributed by atoms with Crippen molar-refractivity contribution in [1.29, 1.82) is 0 Å². The molecule has 0 N–H and O–H groups in total. The number of hydrogen-bond donors (Lipinski definition) is 0. The van der Waals surface area contributed by atoms with Crippen molar-refractivity contribution in [3.63, 3.8) is 0 Å². The molecule has 0 fully saturated rings. The summed E-state index contributed by atoms with van der Waals surface area (Å²) >= 11 is 2.89. The average Bonchev–Trinajstić information content (AvgIpc) is 2.77. The molecule has 0 radical (unpaired) electrons. The number of benzene rings is 1. The van der Waals surface area contributed by atoms with Gasteiger partial charge in [0.25, 0.3) is 0 Å². The maximum atomic E-state index is 5.64. The zero-order valence-corrected chi connectivity index (χ0v) is 12.3. The SMILES string of the molecule is CC[C@@H]1COC(c2ccccc2[Se]I)=N1. The second-order valence-electron chi connectivity index (χ2n) is 3.38. The van der Waals surface area contributed by atoms with E-state index in [1.807, 2.05) is 6.07 Å². The Kier molecular flexibility index (Phi) is 4.05. The van der Waals surface area contributed by atoms with Crippen molar-refractivity contribution < 1.29 is 4.74 Å². The molecule has 1 atom stereocenters. The number of aliphatic imine (C=N–C) groups is 1. The first-order valence-electron chi connectivity index (χ1n) is 4.93. The van der Waals surface area contributed by atoms with E-state index in [1.165, 1.54) is 10.0 Å². The summed E-state index contributed by atoms with van der Waals surface area (Å²) in [5.41, 5.74) is 1.18. The summed E-state index contributed by atoms with van der Waals surface area (Å²) in [4.78, 5) is 4.59. The molecule has 0 aromatic heterocycles. The standard InChI is InChI=1S/C11H12INOSe/c1-2-8-7-14-11(13-8)9-5-3-4-6-10(9)15-12/h3-6,8H,2,7H2,1H3/t8-/m1/s1. The van der Waals surface area contributed by atoms with Gasteiger partial charge in [-0.15, -0.1) is 0 Å². The van der Waals surface area contributed by atoms with E-state index < -0.39 is 0 Å². The van der Waals surface area contributed by atoms with Gasteiger partial charge in [-0.1, -0.05) is 0 Å². The first-order valence-corrected chi connectivity index (χ1v) is 11.0. The number of halogens is 1. The molecule has 1 aliphatic rings. The summed E-state index contributed by atoms with van der Waals surface area (Å²) < 4.78 is 7.00. The van der Waals surface area contributed by atoms with Crippen LogP contribution in [0.5, 0.6) is 0 Å². The second kappa shape index (κ2) is 5.32. The Morgan fingerprint density at radius 2 is 2.33 bits per heavy atom. The van der Waals surface area contributed by atoms with Crippen LogP contribution in [-0.4, -0.2) is 30.3 Å². The van der Waals surface area contributed by atoms with Crippen molar-refractivity contribution in [2.24, 2.45) is 4.99 Å². The topological polar surface area (TPSA) is 21.6 Å². The summed E-state index contributed by atoms with van der Waals surface area (Å²) in [6, 6.07) is 8.74. The molecule has 1 aliphatic heterocycles. The van der Waals surface area contributed by atoms with Crippen LogP contribution in [0.2, 0.25) is 0 Å². The Balaban J connectivity index is 2.30. The summed E-state index contributed by atoms with van der Waals surface area (Å²) in [5.74, 6) is 0.844. The van der Waals surface area contributed by atoms with E-state index in [4.69, 9.17) is 4.74 Å². The summed E-state index contributed by atoms with van der Waals surface area (Å²) in [7, 11) is 0. The van der Waals surface area contributed by atoms with Gasteiger partial charge in [0.15, 0.2) is 0 Å². The molecule has 1 heterocycles. The Bertz CT molecular complexity index is 381. The molecule has 15 heavy (non-hydrogen) atoms. The van der Waals surface area contributed by atoms with Crippen LogP contribution in [0.3, 0.4) is 0 Å². The van der Waals surface area contributed by atoms with Gasteiger partial charge < -0.3 is 0 Å². The van der Waals surface area contributed by atoms with Gasteiger partial charge in [0.05, 0.1) is 0 Å². The van der Waals surface area contributed by atoms with E-state index in [0.717, 1.165) is 18.9 Å². The molecule has 0 saturated heterocycles. The van der Waals surface area contributed by atoms with Crippen molar-refractivity contribution >= 4 is 42.4 Å². The number of nitrogens with zero attached hydrogens (tertiary/aromatic N) is 1. The second-order valence-corrected chi connectivity index (χ2v) is 6.92. The molecule has 0 spiro atoms. The zero-order chi connectivity index (χ0) is 10.7. The van der Waals surface area contributed by atoms with Gasteiger partial charge in [-0.3, -0.25) is 0 Å². The van der Waals surface area contributed by atoms with Crippen LogP contribution < -0.4 is 4.46 Å². The molecule has 0 bridgehead atoms. The normalized spacial score (nSPS) is 19.9. The fraction of sp³-hybridized carbons (Fsp3) is 0.364. The minimum absolute atomic E-state index is 0.356. The third kappa shape index (κ3) is 2.55. The molecule has 80 valence electrons. The fourth-order valence-corrected chi connectivity index (χ4v) is 4.25. The number of hydrogen-bond acceptors (Lipinski definition) is 2. The Hall–Kier alpha value is -0.0605. The summed E-state index contributed by atoms with van der Waals surface area (Å²) in [6.45, 7) is 2.89. The van der Waals surface area contributed by atoms with Crippen molar-refractivity contribution in [2.75, 3.05) is 6.61 Å². The van der Waals surface area contributed by atoms with Gasteiger partial charge in [-0.2, -0.15) is 0 Å². The van der Waals surface area contributed by atoms with Crippen LogP contribution in [0.4, 0.5) is 0 Å². The van der Waals surface area contributed by atoms with Crippen molar-refractivity contribution in [3.8, 4) is 0 Å². The molecule has 0 aliphatic carbocycles. The van der Waals surface area contributed by atoms with Gasteiger partial charge in [0.1, 0.15) is 0 Å². The molecule has 4 heteroatoms. The Morgan fingerprint density at radius 1 is 1.53 bits per heavy atom. The molecule has 2 nitrogen and oxygen atoms in total. The summed E-state index contributed by atoms with van der Waals surface area (Å²) in [5, 5.41) is 0. The summed E-state index contributed by atoms with van der Waals surface area (Å²) in [6.07, 6.45) is 1.06. The molecule has 0 saturated carbocycles. The predicted octanol–water partition coefficient (Wildman–Crippen LogP) is 1.92. The van der Waals surface area contributed by atoms with Gasteiger partial charge >= 0.3 is 108 Å². The first kappa shape index (κ1) is 11.4. The maximum absolute atomic E-state index is 5.64. The van der Waals surface area contributed by atoms with E-state index in [2.05, 4.69) is 50.5 Å². The van der Waals surface area contributed by atoms with Gasteiger partial charge in [0.2, 0.25) is 0 Å². The van der Waals surface area contributed by atoms with Crippen LogP contribution in [0.15, 0.2) is 29.3 Å². The molecule has 2 rings (SSSR count). The number of rotatable bonds is 3. The van der Waals surface area contributed by atoms with Crippen LogP contribution in [-0.2, 0) is 4.74 Å². The van der Waals surface area contributed by atoms with Crippen molar-refractivity contribution in [2.45, 2.75) is 19.4 Å². The van der Waals surface area contributed by atoms with Crippen molar-refractivity contribution in [3.05, 3.63) is 29.8 Å². The third-order valence-electron chi connectivity index (χ3n) is 2.38. The molecule has 1 aromatic carbocycles. The molecule has 0 unspecified atom stereocenters. The monoisotopic (exact) mass is 381 g/mol. The molecule has 0 amide bonds. The zero-order valence-electron chi connectivity index (χ0n) is 8.44. The third-order valence-corrected chi connectivity index (χ3v) is 5.95. The van der Waals surface area contributed by atoms with E-state index >= 15 is 0 Å². The quantitative estimate of drug-likeness (QED) is 0.580. The first-order chi connectivity index (χ1) is 7.35. The van der Waals surface area contributed by atoms with Crippen molar-refractivity contribution in [1.82, 2.24) is 0 Å². The van der Waals surface area contributed by atoms with E-state index in [1.54, 1.807) is 0 Å². The molecule has 1 aromatic rings. The fourth-order valence-electron chi connectivity index (χ4n) is 1.48. The van der Waals surface area contributed by atoms with Gasteiger partial charge in [-0.05, 0) is 0 Å². The van der Waals surface area contributed by atoms with Gasteiger partial charge in [0, 0.05) is 0 Å². The minimum atomic E-state index is 0.356.